The van der Waals surface area contributed by atoms with E-state index in [-0.39, 0.29) is 11.7 Å². The summed E-state index contributed by atoms with van der Waals surface area (Å²) >= 11 is 4.66. The normalized spacial score (nSPS) is 10.8. The number of pyridine rings is 1. The van der Waals surface area contributed by atoms with Gasteiger partial charge in [0.1, 0.15) is 11.5 Å². The van der Waals surface area contributed by atoms with Crippen LogP contribution in [0.4, 0.5) is 0 Å². The van der Waals surface area contributed by atoms with Crippen molar-refractivity contribution in [2.24, 2.45) is 10.8 Å². The Kier molecular flexibility index (Phi) is 6.21. The lowest BCUT2D eigenvalue weighted by Crippen LogP contribution is -2.25. The quantitative estimate of drug-likeness (QED) is 0.355. The Morgan fingerprint density at radius 1 is 1.25 bits per heavy atom. The number of thiocarbonyl (C=S) groups is 1. The lowest BCUT2D eigenvalue weighted by molar-refractivity contribution is -0.136. The number of ether oxygens (including phenoxy) is 2. The monoisotopic (exact) mass is 344 g/mol. The Morgan fingerprint density at radius 3 is 2.62 bits per heavy atom. The summed E-state index contributed by atoms with van der Waals surface area (Å²) in [5.74, 6) is 0.393. The van der Waals surface area contributed by atoms with Crippen LogP contribution < -0.4 is 20.6 Å². The number of rotatable bonds is 6. The number of para-hydroxylation sites is 1. The van der Waals surface area contributed by atoms with E-state index >= 15 is 0 Å². The van der Waals surface area contributed by atoms with Crippen molar-refractivity contribution in [1.82, 2.24) is 10.4 Å². The highest BCUT2D eigenvalue weighted by molar-refractivity contribution is 7.80. The highest BCUT2D eigenvalue weighted by atomic mass is 32.1. The minimum atomic E-state index is -0.520. The number of nitrogens with zero attached hydrogens (tertiary/aromatic N) is 2. The minimum absolute atomic E-state index is 0.0679. The minimum Gasteiger partial charge on any atom is -0.482 e. The molecule has 1 heterocycles. The maximum absolute atomic E-state index is 11.7. The second kappa shape index (κ2) is 8.59. The van der Waals surface area contributed by atoms with Crippen molar-refractivity contribution in [3.8, 4) is 11.5 Å². The van der Waals surface area contributed by atoms with Gasteiger partial charge in [-0.25, -0.2) is 4.79 Å². The predicted octanol–water partition coefficient (Wildman–Crippen LogP) is 1.62. The van der Waals surface area contributed by atoms with E-state index in [0.717, 1.165) is 0 Å². The Bertz CT molecular complexity index is 733. The third-order valence-electron chi connectivity index (χ3n) is 2.77. The molecular formula is C16H16N4O3S. The van der Waals surface area contributed by atoms with E-state index in [0.29, 0.717) is 22.9 Å². The molecule has 0 unspecified atom stereocenters. The van der Waals surface area contributed by atoms with E-state index in [2.05, 4.69) is 27.7 Å². The van der Waals surface area contributed by atoms with Gasteiger partial charge in [-0.15, -0.1) is 0 Å². The Morgan fingerprint density at radius 2 is 2.00 bits per heavy atom. The Labute approximate surface area is 144 Å². The number of hydrogen-bond donors (Lipinski definition) is 2. The molecule has 0 atom stereocenters. The highest BCUT2D eigenvalue weighted by Crippen LogP contribution is 2.11. The van der Waals surface area contributed by atoms with Crippen molar-refractivity contribution in [2.45, 2.75) is 6.92 Å². The molecule has 0 aliphatic rings. The van der Waals surface area contributed by atoms with E-state index in [9.17, 15) is 4.79 Å². The highest BCUT2D eigenvalue weighted by Gasteiger charge is 2.07. The number of hydrogen-bond acceptors (Lipinski definition) is 6. The van der Waals surface area contributed by atoms with Gasteiger partial charge in [0, 0.05) is 0 Å². The topological polar surface area (TPSA) is 98.8 Å². The summed E-state index contributed by atoms with van der Waals surface area (Å²) < 4.78 is 10.5. The van der Waals surface area contributed by atoms with Crippen LogP contribution in [-0.4, -0.2) is 28.4 Å². The standard InChI is InChI=1S/C16H16N4O3S/c1-11(19-20-16(17)24)14-8-7-13(9-18-14)23-15(21)10-22-12-5-3-2-4-6-12/h2-9H,10H2,1H3,(H3,17,20,24)/b19-11+. The molecule has 124 valence electrons. The summed E-state index contributed by atoms with van der Waals surface area (Å²) in [6.07, 6.45) is 1.43. The maximum atomic E-state index is 11.7. The van der Waals surface area contributed by atoms with Crippen LogP contribution in [0, 0.1) is 0 Å². The molecule has 0 saturated heterocycles. The third kappa shape index (κ3) is 5.65. The fourth-order valence-electron chi connectivity index (χ4n) is 1.67. The molecule has 2 aromatic rings. The van der Waals surface area contributed by atoms with Crippen LogP contribution in [-0.2, 0) is 4.79 Å². The van der Waals surface area contributed by atoms with Gasteiger partial charge in [-0.2, -0.15) is 5.10 Å². The van der Waals surface area contributed by atoms with Crippen molar-refractivity contribution in [1.29, 1.82) is 0 Å². The van der Waals surface area contributed by atoms with Crippen molar-refractivity contribution < 1.29 is 14.3 Å². The van der Waals surface area contributed by atoms with Gasteiger partial charge in [-0.05, 0) is 43.4 Å². The van der Waals surface area contributed by atoms with Crippen LogP contribution in [0.2, 0.25) is 0 Å². The van der Waals surface area contributed by atoms with E-state index in [1.54, 1.807) is 31.2 Å². The number of nitrogens with one attached hydrogen (secondary N) is 1. The summed E-state index contributed by atoms with van der Waals surface area (Å²) in [7, 11) is 0. The average Bonchev–Trinajstić information content (AvgIpc) is 2.59. The lowest BCUT2D eigenvalue weighted by atomic mass is 10.2. The molecule has 7 nitrogen and oxygen atoms in total. The fourth-order valence-corrected chi connectivity index (χ4v) is 1.72. The summed E-state index contributed by atoms with van der Waals surface area (Å²) in [5.41, 5.74) is 8.96. The second-order valence-corrected chi connectivity index (χ2v) is 5.07. The summed E-state index contributed by atoms with van der Waals surface area (Å²) in [6, 6.07) is 12.3. The maximum Gasteiger partial charge on any atom is 0.349 e. The van der Waals surface area contributed by atoms with Crippen molar-refractivity contribution >= 4 is 29.0 Å². The van der Waals surface area contributed by atoms with Gasteiger partial charge in [0.05, 0.1) is 17.6 Å². The fraction of sp³-hybridized carbons (Fsp3) is 0.125. The number of aromatic nitrogens is 1. The van der Waals surface area contributed by atoms with Crippen LogP contribution >= 0.6 is 12.2 Å². The largest absolute Gasteiger partial charge is 0.482 e. The van der Waals surface area contributed by atoms with Gasteiger partial charge < -0.3 is 15.2 Å². The number of hydrazone groups is 1. The molecule has 0 spiro atoms. The number of esters is 1. The zero-order valence-electron chi connectivity index (χ0n) is 12.9. The number of carbonyl (C=O) groups excluding carboxylic acids is 1. The molecule has 0 fully saturated rings. The van der Waals surface area contributed by atoms with Crippen molar-refractivity contribution in [2.75, 3.05) is 6.61 Å². The predicted molar refractivity (Wildman–Crippen MR) is 93.9 cm³/mol. The molecule has 1 aromatic carbocycles. The van der Waals surface area contributed by atoms with Crippen LogP contribution in [0.1, 0.15) is 12.6 Å². The number of benzene rings is 1. The van der Waals surface area contributed by atoms with Crippen LogP contribution in [0.5, 0.6) is 11.5 Å². The molecular weight excluding hydrogens is 328 g/mol. The van der Waals surface area contributed by atoms with Crippen molar-refractivity contribution in [3.05, 3.63) is 54.4 Å². The molecule has 1 aromatic heterocycles. The van der Waals surface area contributed by atoms with E-state index < -0.39 is 5.97 Å². The molecule has 24 heavy (non-hydrogen) atoms. The zero-order valence-corrected chi connectivity index (χ0v) is 13.7. The van der Waals surface area contributed by atoms with E-state index in [4.69, 9.17) is 15.2 Å². The summed E-state index contributed by atoms with van der Waals surface area (Å²) in [5, 5.41) is 4.03. The lowest BCUT2D eigenvalue weighted by Gasteiger charge is -2.07. The van der Waals surface area contributed by atoms with Gasteiger partial charge in [-0.1, -0.05) is 18.2 Å². The van der Waals surface area contributed by atoms with Gasteiger partial charge in [0.2, 0.25) is 0 Å². The first-order valence-corrected chi connectivity index (χ1v) is 7.40. The molecule has 2 rings (SSSR count). The molecule has 0 amide bonds. The number of carbonyl (C=O) groups is 1. The SMILES string of the molecule is C/C(=N\NC(N)=S)c1ccc(OC(=O)COc2ccccc2)cn1. The first-order chi connectivity index (χ1) is 11.5. The average molecular weight is 344 g/mol. The van der Waals surface area contributed by atoms with Gasteiger partial charge in [-0.3, -0.25) is 10.4 Å². The molecule has 0 bridgehead atoms. The van der Waals surface area contributed by atoms with Crippen LogP contribution in [0.3, 0.4) is 0 Å². The summed E-state index contributed by atoms with van der Waals surface area (Å²) in [6.45, 7) is 1.55. The number of nitrogens with two attached hydrogens (primary N) is 1. The smallest absolute Gasteiger partial charge is 0.349 e. The Hall–Kier alpha value is -3.00. The van der Waals surface area contributed by atoms with Crippen LogP contribution in [0.25, 0.3) is 0 Å². The first-order valence-electron chi connectivity index (χ1n) is 6.99. The summed E-state index contributed by atoms with van der Waals surface area (Å²) in [4.78, 5) is 15.9. The van der Waals surface area contributed by atoms with Gasteiger partial charge in [0.15, 0.2) is 11.7 Å². The van der Waals surface area contributed by atoms with E-state index in [1.165, 1.54) is 6.20 Å². The molecule has 8 heteroatoms. The van der Waals surface area contributed by atoms with E-state index in [1.807, 2.05) is 18.2 Å². The molecule has 0 saturated carbocycles. The first kappa shape index (κ1) is 17.4. The van der Waals surface area contributed by atoms with Crippen molar-refractivity contribution in [3.63, 3.8) is 0 Å². The second-order valence-electron chi connectivity index (χ2n) is 4.63. The molecule has 3 N–H and O–H groups in total. The van der Waals surface area contributed by atoms with Crippen LogP contribution in [0.15, 0.2) is 53.8 Å². The zero-order chi connectivity index (χ0) is 17.4. The molecule has 0 aliphatic heterocycles. The molecule has 0 aliphatic carbocycles. The van der Waals surface area contributed by atoms with Gasteiger partial charge in [0.25, 0.3) is 0 Å². The molecule has 0 radical (unpaired) electrons. The van der Waals surface area contributed by atoms with Gasteiger partial charge >= 0.3 is 5.97 Å². The Balaban J connectivity index is 1.88. The third-order valence-corrected chi connectivity index (χ3v) is 2.86.